The van der Waals surface area contributed by atoms with Crippen LogP contribution in [0.25, 0.3) is 0 Å². The molecule has 19 heavy (non-hydrogen) atoms. The standard InChI is InChI=1S/C11H11BrN6O/c1-3-4-18-11(19)10(12)8(5-15-18)13-6-9-14-7-17(2)16-9/h1,5,7,13H,4,6H2,2H3. The van der Waals surface area contributed by atoms with Crippen molar-refractivity contribution >= 4 is 21.6 Å². The van der Waals surface area contributed by atoms with Crippen molar-refractivity contribution in [3.05, 3.63) is 33.2 Å². The third kappa shape index (κ3) is 3.00. The van der Waals surface area contributed by atoms with Gasteiger partial charge in [0.05, 0.1) is 18.4 Å². The van der Waals surface area contributed by atoms with Gasteiger partial charge in [-0.05, 0) is 15.9 Å². The lowest BCUT2D eigenvalue weighted by Crippen LogP contribution is -2.24. The van der Waals surface area contributed by atoms with E-state index in [1.54, 1.807) is 18.1 Å². The van der Waals surface area contributed by atoms with Crippen molar-refractivity contribution < 1.29 is 0 Å². The number of halogens is 1. The molecule has 0 aliphatic heterocycles. The zero-order valence-electron chi connectivity index (χ0n) is 10.2. The van der Waals surface area contributed by atoms with Crippen LogP contribution >= 0.6 is 15.9 Å². The van der Waals surface area contributed by atoms with Gasteiger partial charge in [0.25, 0.3) is 5.56 Å². The van der Waals surface area contributed by atoms with Gasteiger partial charge in [-0.15, -0.1) is 6.42 Å². The smallest absolute Gasteiger partial charge is 0.284 e. The summed E-state index contributed by atoms with van der Waals surface area (Å²) in [5, 5.41) is 11.1. The van der Waals surface area contributed by atoms with Crippen LogP contribution in [-0.2, 0) is 20.1 Å². The number of aryl methyl sites for hydroxylation is 1. The first kappa shape index (κ1) is 13.3. The number of nitrogens with one attached hydrogen (secondary N) is 1. The molecule has 0 atom stereocenters. The highest BCUT2D eigenvalue weighted by atomic mass is 79.9. The van der Waals surface area contributed by atoms with E-state index in [0.29, 0.717) is 22.5 Å². The molecule has 0 radical (unpaired) electrons. The van der Waals surface area contributed by atoms with Gasteiger partial charge in [0, 0.05) is 7.05 Å². The van der Waals surface area contributed by atoms with Gasteiger partial charge in [-0.3, -0.25) is 9.48 Å². The molecule has 0 aliphatic carbocycles. The van der Waals surface area contributed by atoms with Crippen LogP contribution in [-0.4, -0.2) is 24.5 Å². The molecular weight excluding hydrogens is 312 g/mol. The zero-order chi connectivity index (χ0) is 13.8. The molecule has 0 saturated carbocycles. The lowest BCUT2D eigenvalue weighted by atomic mass is 10.4. The molecule has 0 fully saturated rings. The summed E-state index contributed by atoms with van der Waals surface area (Å²) < 4.78 is 3.19. The predicted molar refractivity (Wildman–Crippen MR) is 73.4 cm³/mol. The maximum Gasteiger partial charge on any atom is 0.284 e. The molecule has 0 amide bonds. The molecular formula is C11H11BrN6O. The number of nitrogens with zero attached hydrogens (tertiary/aromatic N) is 5. The van der Waals surface area contributed by atoms with Crippen LogP contribution in [0.15, 0.2) is 21.8 Å². The van der Waals surface area contributed by atoms with Crippen LogP contribution in [0.3, 0.4) is 0 Å². The quantitative estimate of drug-likeness (QED) is 0.823. The van der Waals surface area contributed by atoms with Gasteiger partial charge in [0.2, 0.25) is 0 Å². The second-order valence-electron chi connectivity index (χ2n) is 3.73. The lowest BCUT2D eigenvalue weighted by molar-refractivity contribution is 0.659. The van der Waals surface area contributed by atoms with Gasteiger partial charge in [-0.1, -0.05) is 5.92 Å². The first-order chi connectivity index (χ1) is 9.11. The summed E-state index contributed by atoms with van der Waals surface area (Å²) in [5.74, 6) is 3.00. The Morgan fingerprint density at radius 3 is 3.00 bits per heavy atom. The molecule has 2 heterocycles. The minimum atomic E-state index is -0.281. The van der Waals surface area contributed by atoms with Gasteiger partial charge in [-0.25, -0.2) is 9.67 Å². The highest BCUT2D eigenvalue weighted by molar-refractivity contribution is 9.10. The molecule has 0 spiro atoms. The molecule has 8 heteroatoms. The van der Waals surface area contributed by atoms with Crippen molar-refractivity contribution in [3.63, 3.8) is 0 Å². The summed E-state index contributed by atoms with van der Waals surface area (Å²) >= 11 is 3.23. The van der Waals surface area contributed by atoms with Crippen molar-refractivity contribution in [1.29, 1.82) is 0 Å². The van der Waals surface area contributed by atoms with E-state index in [1.165, 1.54) is 10.9 Å². The fourth-order valence-electron chi connectivity index (χ4n) is 1.43. The normalized spacial score (nSPS) is 10.2. The Morgan fingerprint density at radius 1 is 1.58 bits per heavy atom. The molecule has 2 aromatic rings. The molecule has 1 N–H and O–H groups in total. The van der Waals surface area contributed by atoms with E-state index >= 15 is 0 Å². The van der Waals surface area contributed by atoms with Crippen molar-refractivity contribution in [2.75, 3.05) is 5.32 Å². The largest absolute Gasteiger partial charge is 0.375 e. The summed E-state index contributed by atoms with van der Waals surface area (Å²) in [6, 6.07) is 0. The van der Waals surface area contributed by atoms with Crippen molar-refractivity contribution in [2.24, 2.45) is 7.05 Å². The van der Waals surface area contributed by atoms with Gasteiger partial charge in [0.15, 0.2) is 5.82 Å². The Balaban J connectivity index is 2.16. The zero-order valence-corrected chi connectivity index (χ0v) is 11.8. The SMILES string of the molecule is C#CCn1ncc(NCc2ncn(C)n2)c(Br)c1=O. The average molecular weight is 323 g/mol. The summed E-state index contributed by atoms with van der Waals surface area (Å²) in [5.41, 5.74) is 0.294. The molecule has 0 aromatic carbocycles. The van der Waals surface area contributed by atoms with E-state index in [2.05, 4.69) is 42.3 Å². The number of hydrogen-bond acceptors (Lipinski definition) is 5. The second-order valence-corrected chi connectivity index (χ2v) is 4.52. The minimum absolute atomic E-state index is 0.138. The fourth-order valence-corrected chi connectivity index (χ4v) is 1.87. The molecule has 98 valence electrons. The Kier molecular flexibility index (Phi) is 3.97. The maximum atomic E-state index is 11.9. The average Bonchev–Trinajstić information content (AvgIpc) is 2.80. The first-order valence-electron chi connectivity index (χ1n) is 5.39. The van der Waals surface area contributed by atoms with Crippen molar-refractivity contribution in [2.45, 2.75) is 13.1 Å². The number of anilines is 1. The monoisotopic (exact) mass is 322 g/mol. The number of rotatable bonds is 4. The van der Waals surface area contributed by atoms with E-state index in [-0.39, 0.29) is 12.1 Å². The molecule has 0 saturated heterocycles. The molecule has 0 bridgehead atoms. The maximum absolute atomic E-state index is 11.9. The lowest BCUT2D eigenvalue weighted by Gasteiger charge is -2.07. The van der Waals surface area contributed by atoms with Crippen LogP contribution in [0, 0.1) is 12.3 Å². The number of terminal acetylenes is 1. The predicted octanol–water partition coefficient (Wildman–Crippen LogP) is 0.380. The van der Waals surface area contributed by atoms with E-state index in [4.69, 9.17) is 6.42 Å². The third-order valence-corrected chi connectivity index (χ3v) is 3.08. The van der Waals surface area contributed by atoms with Gasteiger partial charge in [0.1, 0.15) is 17.3 Å². The third-order valence-electron chi connectivity index (χ3n) is 2.31. The van der Waals surface area contributed by atoms with E-state index in [0.717, 1.165) is 0 Å². The first-order valence-corrected chi connectivity index (χ1v) is 6.18. The topological polar surface area (TPSA) is 77.6 Å². The Bertz CT molecular complexity index is 683. The molecule has 2 rings (SSSR count). The van der Waals surface area contributed by atoms with Crippen LogP contribution in [0.5, 0.6) is 0 Å². The molecule has 0 aliphatic rings. The van der Waals surface area contributed by atoms with E-state index in [9.17, 15) is 4.79 Å². The number of aromatic nitrogens is 5. The van der Waals surface area contributed by atoms with Gasteiger partial charge in [-0.2, -0.15) is 10.2 Å². The summed E-state index contributed by atoms with van der Waals surface area (Å²) in [7, 11) is 1.79. The van der Waals surface area contributed by atoms with Crippen LogP contribution in [0.2, 0.25) is 0 Å². The highest BCUT2D eigenvalue weighted by Crippen LogP contribution is 2.16. The van der Waals surface area contributed by atoms with Gasteiger partial charge < -0.3 is 5.32 Å². The Labute approximate surface area is 117 Å². The van der Waals surface area contributed by atoms with Crippen LogP contribution in [0.1, 0.15) is 5.82 Å². The highest BCUT2D eigenvalue weighted by Gasteiger charge is 2.08. The molecule has 2 aromatic heterocycles. The van der Waals surface area contributed by atoms with Crippen LogP contribution in [0.4, 0.5) is 5.69 Å². The van der Waals surface area contributed by atoms with Crippen molar-refractivity contribution in [3.8, 4) is 12.3 Å². The second kappa shape index (κ2) is 5.67. The molecule has 0 unspecified atom stereocenters. The summed E-state index contributed by atoms with van der Waals surface area (Å²) in [4.78, 5) is 16.0. The van der Waals surface area contributed by atoms with E-state index < -0.39 is 0 Å². The fraction of sp³-hybridized carbons (Fsp3) is 0.273. The molecule has 7 nitrogen and oxygen atoms in total. The Morgan fingerprint density at radius 2 is 2.37 bits per heavy atom. The summed E-state index contributed by atoms with van der Waals surface area (Å²) in [6.45, 7) is 0.541. The minimum Gasteiger partial charge on any atom is -0.375 e. The number of hydrogen-bond donors (Lipinski definition) is 1. The summed E-state index contributed by atoms with van der Waals surface area (Å²) in [6.07, 6.45) is 8.29. The van der Waals surface area contributed by atoms with E-state index in [1.807, 2.05) is 0 Å². The Hall–Kier alpha value is -2.14. The van der Waals surface area contributed by atoms with Crippen LogP contribution < -0.4 is 10.9 Å². The van der Waals surface area contributed by atoms with Crippen molar-refractivity contribution in [1.82, 2.24) is 24.5 Å². The van der Waals surface area contributed by atoms with Gasteiger partial charge >= 0.3 is 0 Å².